The first-order valence-electron chi connectivity index (χ1n) is 9.66. The lowest BCUT2D eigenvalue weighted by atomic mass is 9.60. The van der Waals surface area contributed by atoms with Crippen molar-refractivity contribution >= 4 is 29.0 Å². The maximum atomic E-state index is 14.3. The molecule has 0 bridgehead atoms. The van der Waals surface area contributed by atoms with E-state index in [4.69, 9.17) is 23.2 Å². The molecule has 0 aromatic heterocycles. The molecule has 5 heteroatoms. The average molecular weight is 447 g/mol. The number of aromatic hydroxyl groups is 2. The number of phenols is 2. The van der Waals surface area contributed by atoms with Crippen LogP contribution in [0.5, 0.6) is 11.5 Å². The number of ketones is 1. The van der Waals surface area contributed by atoms with Crippen LogP contribution in [0.25, 0.3) is 11.1 Å². The SMILES string of the molecule is O=C1c2ccccc2-c2ccccc2C1(c1ccc(O)c(Cl)c1)c1ccc(O)c(Cl)c1. The van der Waals surface area contributed by atoms with Gasteiger partial charge >= 0.3 is 0 Å². The van der Waals surface area contributed by atoms with E-state index >= 15 is 0 Å². The molecule has 4 aromatic carbocycles. The van der Waals surface area contributed by atoms with E-state index in [9.17, 15) is 15.0 Å². The van der Waals surface area contributed by atoms with Crippen LogP contribution < -0.4 is 0 Å². The van der Waals surface area contributed by atoms with Crippen LogP contribution in [0.3, 0.4) is 0 Å². The third-order valence-corrected chi connectivity index (χ3v) is 6.50. The van der Waals surface area contributed by atoms with Crippen LogP contribution in [0.1, 0.15) is 27.0 Å². The second kappa shape index (κ2) is 7.16. The molecule has 5 rings (SSSR count). The van der Waals surface area contributed by atoms with Crippen molar-refractivity contribution in [2.24, 2.45) is 0 Å². The molecule has 0 aliphatic heterocycles. The van der Waals surface area contributed by atoms with Crippen LogP contribution in [-0.4, -0.2) is 16.0 Å². The molecule has 0 heterocycles. The maximum absolute atomic E-state index is 14.3. The Balaban J connectivity index is 1.96. The highest BCUT2D eigenvalue weighted by Gasteiger charge is 2.49. The number of benzene rings is 4. The third kappa shape index (κ3) is 2.78. The number of carbonyl (C=O) groups excluding carboxylic acids is 1. The van der Waals surface area contributed by atoms with E-state index in [1.807, 2.05) is 48.5 Å². The van der Waals surface area contributed by atoms with E-state index in [1.165, 1.54) is 12.1 Å². The number of hydrogen-bond donors (Lipinski definition) is 2. The van der Waals surface area contributed by atoms with Gasteiger partial charge in [0.05, 0.1) is 10.0 Å². The van der Waals surface area contributed by atoms with Crippen LogP contribution in [0.15, 0.2) is 84.9 Å². The quantitative estimate of drug-likeness (QED) is 0.364. The lowest BCUT2D eigenvalue weighted by Gasteiger charge is -2.40. The number of hydrogen-bond acceptors (Lipinski definition) is 3. The van der Waals surface area contributed by atoms with E-state index in [0.717, 1.165) is 16.7 Å². The third-order valence-electron chi connectivity index (χ3n) is 5.89. The van der Waals surface area contributed by atoms with Crippen molar-refractivity contribution in [1.29, 1.82) is 0 Å². The van der Waals surface area contributed by atoms with E-state index in [0.29, 0.717) is 16.7 Å². The minimum absolute atomic E-state index is 0.0683. The van der Waals surface area contributed by atoms with Gasteiger partial charge in [-0.3, -0.25) is 4.79 Å². The Bertz CT molecular complexity index is 1310. The fourth-order valence-electron chi connectivity index (χ4n) is 4.51. The molecule has 31 heavy (non-hydrogen) atoms. The van der Waals surface area contributed by atoms with Crippen molar-refractivity contribution in [3.8, 4) is 22.6 Å². The number of halogens is 2. The molecule has 0 saturated carbocycles. The molecule has 0 saturated heterocycles. The highest BCUT2D eigenvalue weighted by molar-refractivity contribution is 6.32. The van der Waals surface area contributed by atoms with Crippen LogP contribution >= 0.6 is 23.2 Å². The number of fused-ring (bicyclic) bond motifs is 3. The first-order valence-corrected chi connectivity index (χ1v) is 10.4. The highest BCUT2D eigenvalue weighted by atomic mass is 35.5. The molecule has 1 aliphatic carbocycles. The van der Waals surface area contributed by atoms with Gasteiger partial charge in [0.25, 0.3) is 0 Å². The molecule has 3 nitrogen and oxygen atoms in total. The molecule has 152 valence electrons. The largest absolute Gasteiger partial charge is 0.506 e. The van der Waals surface area contributed by atoms with Gasteiger partial charge < -0.3 is 10.2 Å². The average Bonchev–Trinajstić information content (AvgIpc) is 2.79. The number of Topliss-reactive ketones (excluding diaryl/α,β-unsaturated/α-hetero) is 1. The summed E-state index contributed by atoms with van der Waals surface area (Å²) in [7, 11) is 0. The summed E-state index contributed by atoms with van der Waals surface area (Å²) in [6.07, 6.45) is 0. The smallest absolute Gasteiger partial charge is 0.182 e. The summed E-state index contributed by atoms with van der Waals surface area (Å²) in [5, 5.41) is 20.3. The van der Waals surface area contributed by atoms with Crippen molar-refractivity contribution < 1.29 is 15.0 Å². The molecule has 4 aromatic rings. The Morgan fingerprint density at radius 3 is 1.65 bits per heavy atom. The topological polar surface area (TPSA) is 57.5 Å². The zero-order chi connectivity index (χ0) is 21.8. The van der Waals surface area contributed by atoms with Crippen molar-refractivity contribution in [3.63, 3.8) is 0 Å². The van der Waals surface area contributed by atoms with Gasteiger partial charge in [-0.25, -0.2) is 0 Å². The van der Waals surface area contributed by atoms with Crippen LogP contribution in [0.2, 0.25) is 10.0 Å². The summed E-state index contributed by atoms with van der Waals surface area (Å²) < 4.78 is 0. The second-order valence-corrected chi connectivity index (χ2v) is 8.32. The predicted octanol–water partition coefficient (Wildman–Crippen LogP) is 6.60. The number of carbonyl (C=O) groups is 1. The van der Waals surface area contributed by atoms with E-state index in [-0.39, 0.29) is 27.3 Å². The van der Waals surface area contributed by atoms with Crippen molar-refractivity contribution in [2.75, 3.05) is 0 Å². The van der Waals surface area contributed by atoms with Gasteiger partial charge in [-0.15, -0.1) is 0 Å². The molecule has 0 amide bonds. The maximum Gasteiger partial charge on any atom is 0.182 e. The second-order valence-electron chi connectivity index (χ2n) is 7.50. The molecule has 0 fully saturated rings. The van der Waals surface area contributed by atoms with Gasteiger partial charge in [-0.1, -0.05) is 83.9 Å². The van der Waals surface area contributed by atoms with Crippen molar-refractivity contribution in [2.45, 2.75) is 5.41 Å². The lowest BCUT2D eigenvalue weighted by Crippen LogP contribution is -2.41. The normalized spacial score (nSPS) is 14.1. The molecule has 0 unspecified atom stereocenters. The zero-order valence-corrected chi connectivity index (χ0v) is 17.7. The first-order chi connectivity index (χ1) is 14.9. The van der Waals surface area contributed by atoms with Gasteiger partial charge in [0.2, 0.25) is 0 Å². The van der Waals surface area contributed by atoms with Crippen LogP contribution in [-0.2, 0) is 5.41 Å². The predicted molar refractivity (Wildman–Crippen MR) is 122 cm³/mol. The van der Waals surface area contributed by atoms with Gasteiger partial charge in [0, 0.05) is 5.56 Å². The number of phenolic OH excluding ortho intramolecular Hbond substituents is 2. The number of rotatable bonds is 2. The molecular weight excluding hydrogens is 431 g/mol. The van der Waals surface area contributed by atoms with Crippen LogP contribution in [0.4, 0.5) is 0 Å². The van der Waals surface area contributed by atoms with Gasteiger partial charge in [-0.05, 0) is 52.1 Å². The Labute approximate surface area is 189 Å². The summed E-state index contributed by atoms with van der Waals surface area (Å²) >= 11 is 12.6. The summed E-state index contributed by atoms with van der Waals surface area (Å²) in [4.78, 5) is 14.3. The van der Waals surface area contributed by atoms with E-state index in [1.54, 1.807) is 24.3 Å². The Morgan fingerprint density at radius 1 is 0.613 bits per heavy atom. The van der Waals surface area contributed by atoms with Crippen molar-refractivity contribution in [1.82, 2.24) is 0 Å². The van der Waals surface area contributed by atoms with E-state index < -0.39 is 5.41 Å². The molecule has 0 radical (unpaired) electrons. The summed E-state index contributed by atoms with van der Waals surface area (Å²) in [5.74, 6) is -0.271. The minimum Gasteiger partial charge on any atom is -0.506 e. The summed E-state index contributed by atoms with van der Waals surface area (Å²) in [6.45, 7) is 0. The molecule has 1 aliphatic rings. The van der Waals surface area contributed by atoms with Gasteiger partial charge in [-0.2, -0.15) is 0 Å². The Hall–Kier alpha value is -3.27. The van der Waals surface area contributed by atoms with Crippen LogP contribution in [0, 0.1) is 0 Å². The van der Waals surface area contributed by atoms with Gasteiger partial charge in [0.1, 0.15) is 16.9 Å². The van der Waals surface area contributed by atoms with Gasteiger partial charge in [0.15, 0.2) is 5.78 Å². The standard InChI is InChI=1S/C26H16Cl2O3/c27-21-13-15(9-11-23(21)29)26(16-10-12-24(30)22(28)14-16)20-8-4-3-6-18(20)17-5-1-2-7-19(17)25(26)31/h1-14,29-30H. The monoisotopic (exact) mass is 446 g/mol. The Morgan fingerprint density at radius 2 is 1.10 bits per heavy atom. The van der Waals surface area contributed by atoms with Crippen molar-refractivity contribution in [3.05, 3.63) is 117 Å². The fraction of sp³-hybridized carbons (Fsp3) is 0.0385. The molecule has 2 N–H and O–H groups in total. The minimum atomic E-state index is -1.26. The molecular formula is C26H16Cl2O3. The first kappa shape index (κ1) is 19.7. The summed E-state index contributed by atoms with van der Waals surface area (Å²) in [5.41, 5.74) is 3.07. The lowest BCUT2D eigenvalue weighted by molar-refractivity contribution is 0.0933. The Kier molecular flexibility index (Phi) is 4.54. The fourth-order valence-corrected chi connectivity index (χ4v) is 4.87. The van der Waals surface area contributed by atoms with E-state index in [2.05, 4.69) is 0 Å². The molecule has 0 spiro atoms. The molecule has 0 atom stereocenters. The summed E-state index contributed by atoms with van der Waals surface area (Å²) in [6, 6.07) is 24.8. The highest BCUT2D eigenvalue weighted by Crippen LogP contribution is 2.52. The zero-order valence-electron chi connectivity index (χ0n) is 16.1.